The second-order valence-electron chi connectivity index (χ2n) is 12.3. The van der Waals surface area contributed by atoms with Gasteiger partial charge in [-0.3, -0.25) is 13.9 Å². The second-order valence-corrected chi connectivity index (χ2v) is 15.0. The molecule has 0 bridgehead atoms. The third kappa shape index (κ3) is 8.90. The number of nitrogens with one attached hydrogen (secondary N) is 1. The SMILES string of the molecule is Cc1ccc(N(CC(=O)N(Cc2ccccc2Cl)C(Cc2ccccc2)C(=O)NC(C)(C)C)S(=O)(=O)c2ccc(Cl)cc2)cc1C. The van der Waals surface area contributed by atoms with Gasteiger partial charge in [0.05, 0.1) is 10.6 Å². The number of hydrogen-bond acceptors (Lipinski definition) is 4. The Balaban J connectivity index is 1.84. The zero-order valence-electron chi connectivity index (χ0n) is 26.6. The number of aryl methyl sites for hydroxylation is 2. The molecule has 0 aromatic heterocycles. The van der Waals surface area contributed by atoms with Crippen molar-refractivity contribution in [1.29, 1.82) is 0 Å². The summed E-state index contributed by atoms with van der Waals surface area (Å²) in [4.78, 5) is 30.0. The minimum Gasteiger partial charge on any atom is -0.350 e. The van der Waals surface area contributed by atoms with Crippen molar-refractivity contribution in [2.24, 2.45) is 0 Å². The van der Waals surface area contributed by atoms with Crippen LogP contribution in [0.15, 0.2) is 102 Å². The van der Waals surface area contributed by atoms with Gasteiger partial charge in [0.2, 0.25) is 11.8 Å². The van der Waals surface area contributed by atoms with Crippen molar-refractivity contribution in [3.8, 4) is 0 Å². The molecule has 0 aliphatic rings. The molecule has 0 aliphatic heterocycles. The van der Waals surface area contributed by atoms with Crippen molar-refractivity contribution in [2.75, 3.05) is 10.8 Å². The number of rotatable bonds is 11. The van der Waals surface area contributed by atoms with Gasteiger partial charge in [-0.15, -0.1) is 0 Å². The summed E-state index contributed by atoms with van der Waals surface area (Å²) in [7, 11) is -4.24. The smallest absolute Gasteiger partial charge is 0.264 e. The number of nitrogens with zero attached hydrogens (tertiary/aromatic N) is 2. The van der Waals surface area contributed by atoms with Crippen molar-refractivity contribution in [3.05, 3.63) is 129 Å². The zero-order chi connectivity index (χ0) is 33.6. The molecule has 242 valence electrons. The molecule has 0 fully saturated rings. The molecular formula is C36H39Cl2N3O4S. The van der Waals surface area contributed by atoms with E-state index in [-0.39, 0.29) is 23.8 Å². The van der Waals surface area contributed by atoms with Crippen LogP contribution in [0.4, 0.5) is 5.69 Å². The quantitative estimate of drug-likeness (QED) is 0.179. The molecule has 1 atom stereocenters. The number of hydrogen-bond donors (Lipinski definition) is 1. The minimum atomic E-state index is -4.24. The number of amides is 2. The van der Waals surface area contributed by atoms with Crippen LogP contribution in [-0.4, -0.2) is 43.3 Å². The molecule has 0 saturated heterocycles. The summed E-state index contributed by atoms with van der Waals surface area (Å²) in [6.45, 7) is 8.82. The lowest BCUT2D eigenvalue weighted by atomic mass is 10.0. The number of carbonyl (C=O) groups is 2. The molecule has 0 radical (unpaired) electrons. The first kappa shape index (κ1) is 35.0. The van der Waals surface area contributed by atoms with Crippen LogP contribution >= 0.6 is 23.2 Å². The molecule has 4 aromatic carbocycles. The summed E-state index contributed by atoms with van der Waals surface area (Å²) in [5, 5.41) is 3.83. The zero-order valence-corrected chi connectivity index (χ0v) is 29.0. The Hall–Kier alpha value is -3.85. The molecule has 1 unspecified atom stereocenters. The predicted octanol–water partition coefficient (Wildman–Crippen LogP) is 7.36. The summed E-state index contributed by atoms with van der Waals surface area (Å²) < 4.78 is 29.5. The highest BCUT2D eigenvalue weighted by Crippen LogP contribution is 2.28. The lowest BCUT2D eigenvalue weighted by Gasteiger charge is -2.35. The maximum Gasteiger partial charge on any atom is 0.264 e. The Labute approximate surface area is 282 Å². The molecule has 4 rings (SSSR count). The molecule has 46 heavy (non-hydrogen) atoms. The Morgan fingerprint density at radius 3 is 2.07 bits per heavy atom. The fourth-order valence-electron chi connectivity index (χ4n) is 4.96. The van der Waals surface area contributed by atoms with Crippen molar-refractivity contribution in [1.82, 2.24) is 10.2 Å². The van der Waals surface area contributed by atoms with E-state index in [0.29, 0.717) is 21.3 Å². The molecular weight excluding hydrogens is 641 g/mol. The van der Waals surface area contributed by atoms with Gasteiger partial charge < -0.3 is 10.2 Å². The van der Waals surface area contributed by atoms with E-state index in [1.807, 2.05) is 71.0 Å². The molecule has 2 amide bonds. The largest absolute Gasteiger partial charge is 0.350 e. The summed E-state index contributed by atoms with van der Waals surface area (Å²) in [6, 6.07) is 26.5. The highest BCUT2D eigenvalue weighted by Gasteiger charge is 2.36. The lowest BCUT2D eigenvalue weighted by molar-refractivity contribution is -0.140. The molecule has 7 nitrogen and oxygen atoms in total. The van der Waals surface area contributed by atoms with Gasteiger partial charge in [0.15, 0.2) is 0 Å². The van der Waals surface area contributed by atoms with E-state index in [9.17, 15) is 18.0 Å². The molecule has 1 N–H and O–H groups in total. The maximum absolute atomic E-state index is 14.6. The van der Waals surface area contributed by atoms with Crippen LogP contribution in [0.25, 0.3) is 0 Å². The van der Waals surface area contributed by atoms with Gasteiger partial charge in [0.1, 0.15) is 12.6 Å². The van der Waals surface area contributed by atoms with Crippen molar-refractivity contribution >= 4 is 50.7 Å². The van der Waals surface area contributed by atoms with Gasteiger partial charge in [0.25, 0.3) is 10.0 Å². The first-order valence-corrected chi connectivity index (χ1v) is 17.1. The van der Waals surface area contributed by atoms with E-state index in [1.54, 1.807) is 36.4 Å². The highest BCUT2D eigenvalue weighted by atomic mass is 35.5. The first-order valence-electron chi connectivity index (χ1n) is 14.9. The van der Waals surface area contributed by atoms with Gasteiger partial charge >= 0.3 is 0 Å². The average molecular weight is 681 g/mol. The Bertz CT molecular complexity index is 1790. The summed E-state index contributed by atoms with van der Waals surface area (Å²) in [5.74, 6) is -0.935. The van der Waals surface area contributed by atoms with Crippen LogP contribution in [0.5, 0.6) is 0 Å². The number of sulfonamides is 1. The van der Waals surface area contributed by atoms with Crippen molar-refractivity contribution in [2.45, 2.75) is 64.1 Å². The summed E-state index contributed by atoms with van der Waals surface area (Å²) in [6.07, 6.45) is 0.201. The first-order chi connectivity index (χ1) is 21.7. The second kappa shape index (κ2) is 14.7. The van der Waals surface area contributed by atoms with E-state index in [2.05, 4.69) is 5.32 Å². The van der Waals surface area contributed by atoms with Gasteiger partial charge in [-0.25, -0.2) is 8.42 Å². The van der Waals surface area contributed by atoms with Crippen LogP contribution in [0.2, 0.25) is 10.0 Å². The van der Waals surface area contributed by atoms with E-state index < -0.39 is 34.1 Å². The molecule has 0 heterocycles. The minimum absolute atomic E-state index is 0.0185. The predicted molar refractivity (Wildman–Crippen MR) is 186 cm³/mol. The topological polar surface area (TPSA) is 86.8 Å². The fourth-order valence-corrected chi connectivity index (χ4v) is 6.69. The molecule has 10 heteroatoms. The molecule has 0 aliphatic carbocycles. The van der Waals surface area contributed by atoms with E-state index in [4.69, 9.17) is 23.2 Å². The summed E-state index contributed by atoms with van der Waals surface area (Å²) in [5.41, 5.74) is 3.03. The number of halogens is 2. The Kier molecular flexibility index (Phi) is 11.2. The third-order valence-corrected chi connectivity index (χ3v) is 9.94. The Morgan fingerprint density at radius 1 is 0.826 bits per heavy atom. The number of carbonyl (C=O) groups excluding carboxylic acids is 2. The maximum atomic E-state index is 14.6. The fraction of sp³-hybridized carbons (Fsp3) is 0.278. The van der Waals surface area contributed by atoms with Crippen LogP contribution < -0.4 is 9.62 Å². The highest BCUT2D eigenvalue weighted by molar-refractivity contribution is 7.92. The number of anilines is 1. The van der Waals surface area contributed by atoms with Gasteiger partial charge in [-0.2, -0.15) is 0 Å². The third-order valence-electron chi connectivity index (χ3n) is 7.53. The van der Waals surface area contributed by atoms with Crippen LogP contribution in [-0.2, 0) is 32.6 Å². The van der Waals surface area contributed by atoms with Gasteiger partial charge in [-0.05, 0) is 99.3 Å². The van der Waals surface area contributed by atoms with Crippen LogP contribution in [0, 0.1) is 13.8 Å². The van der Waals surface area contributed by atoms with E-state index >= 15 is 0 Å². The standard InChI is InChI=1S/C36H39Cl2N3O4S/c1-25-15-18-30(21-26(25)2)41(46(44,45)31-19-16-29(37)17-20-31)24-34(42)40(23-28-13-9-10-14-32(28)38)33(35(43)39-36(3,4)5)22-27-11-7-6-8-12-27/h6-21,33H,22-24H2,1-5H3,(H,39,43). The van der Waals surface area contributed by atoms with Gasteiger partial charge in [0, 0.05) is 28.5 Å². The Morgan fingerprint density at radius 2 is 1.46 bits per heavy atom. The van der Waals surface area contributed by atoms with Crippen molar-refractivity contribution in [3.63, 3.8) is 0 Å². The number of benzene rings is 4. The lowest BCUT2D eigenvalue weighted by Crippen LogP contribution is -2.56. The molecule has 0 spiro atoms. The van der Waals surface area contributed by atoms with Crippen LogP contribution in [0.1, 0.15) is 43.0 Å². The van der Waals surface area contributed by atoms with E-state index in [0.717, 1.165) is 21.0 Å². The normalized spacial score (nSPS) is 12.3. The van der Waals surface area contributed by atoms with Crippen LogP contribution in [0.3, 0.4) is 0 Å². The molecule has 4 aromatic rings. The van der Waals surface area contributed by atoms with E-state index in [1.165, 1.54) is 29.2 Å². The molecule has 0 saturated carbocycles. The monoisotopic (exact) mass is 679 g/mol. The van der Waals surface area contributed by atoms with Crippen molar-refractivity contribution < 1.29 is 18.0 Å². The van der Waals surface area contributed by atoms with Gasteiger partial charge in [-0.1, -0.05) is 77.8 Å². The average Bonchev–Trinajstić information content (AvgIpc) is 2.99. The summed E-state index contributed by atoms with van der Waals surface area (Å²) >= 11 is 12.6.